The van der Waals surface area contributed by atoms with Crippen molar-refractivity contribution in [2.75, 3.05) is 0 Å². The molecule has 0 saturated carbocycles. The molecule has 2 aromatic rings. The Morgan fingerprint density at radius 1 is 0.889 bits per heavy atom. The molecule has 1 aromatic carbocycles. The number of nitrogens with zero attached hydrogens (tertiary/aromatic N) is 1. The van der Waals surface area contributed by atoms with Crippen LogP contribution in [0.15, 0.2) is 48.7 Å². The average Bonchev–Trinajstić information content (AvgIpc) is 2.45. The Morgan fingerprint density at radius 2 is 1.72 bits per heavy atom. The number of hydrogen-bond acceptors (Lipinski definition) is 1. The standard InChI is InChI=1S/C17H21N/c1-2-3-4-6-10-16-13-9-14-18-17(16)15-11-7-5-8-12-15/h5,7-9,11-14H,2-4,6,10H2,1H3. The first-order valence-corrected chi connectivity index (χ1v) is 6.91. The van der Waals surface area contributed by atoms with E-state index in [1.165, 1.54) is 36.8 Å². The van der Waals surface area contributed by atoms with Gasteiger partial charge in [0.05, 0.1) is 5.69 Å². The Hall–Kier alpha value is -1.63. The molecular formula is C17H21N. The van der Waals surface area contributed by atoms with Crippen molar-refractivity contribution in [3.05, 3.63) is 54.2 Å². The van der Waals surface area contributed by atoms with Crippen molar-refractivity contribution < 1.29 is 0 Å². The molecule has 0 atom stereocenters. The van der Waals surface area contributed by atoms with Crippen molar-refractivity contribution in [1.82, 2.24) is 4.98 Å². The molecule has 1 heterocycles. The second kappa shape index (κ2) is 6.95. The molecule has 0 bridgehead atoms. The Bertz CT molecular complexity index is 462. The van der Waals surface area contributed by atoms with Crippen molar-refractivity contribution in [2.24, 2.45) is 0 Å². The van der Waals surface area contributed by atoms with Gasteiger partial charge in [0.2, 0.25) is 0 Å². The van der Waals surface area contributed by atoms with Crippen LogP contribution in [0.5, 0.6) is 0 Å². The summed E-state index contributed by atoms with van der Waals surface area (Å²) in [4.78, 5) is 4.55. The molecule has 1 heteroatoms. The molecule has 0 saturated heterocycles. The number of pyridine rings is 1. The van der Waals surface area contributed by atoms with E-state index in [-0.39, 0.29) is 0 Å². The minimum Gasteiger partial charge on any atom is -0.256 e. The molecule has 0 spiro atoms. The maximum Gasteiger partial charge on any atom is 0.0733 e. The Morgan fingerprint density at radius 3 is 2.50 bits per heavy atom. The molecule has 1 nitrogen and oxygen atoms in total. The third kappa shape index (κ3) is 3.43. The van der Waals surface area contributed by atoms with E-state index < -0.39 is 0 Å². The summed E-state index contributed by atoms with van der Waals surface area (Å²) < 4.78 is 0. The molecule has 0 amide bonds. The fourth-order valence-electron chi connectivity index (χ4n) is 2.24. The maximum atomic E-state index is 4.55. The van der Waals surface area contributed by atoms with E-state index in [2.05, 4.69) is 42.2 Å². The van der Waals surface area contributed by atoms with Gasteiger partial charge in [0.1, 0.15) is 0 Å². The fourth-order valence-corrected chi connectivity index (χ4v) is 2.24. The molecule has 0 aliphatic heterocycles. The molecule has 94 valence electrons. The van der Waals surface area contributed by atoms with Crippen LogP contribution in [0, 0.1) is 0 Å². The second-order valence-corrected chi connectivity index (χ2v) is 4.69. The zero-order valence-electron chi connectivity index (χ0n) is 11.1. The first kappa shape index (κ1) is 12.8. The third-order valence-corrected chi connectivity index (χ3v) is 3.24. The van der Waals surface area contributed by atoms with Gasteiger partial charge in [-0.3, -0.25) is 4.98 Å². The minimum atomic E-state index is 1.14. The van der Waals surface area contributed by atoms with Crippen molar-refractivity contribution in [1.29, 1.82) is 0 Å². The molecule has 0 fully saturated rings. The molecule has 1 aromatic heterocycles. The van der Waals surface area contributed by atoms with E-state index in [0.29, 0.717) is 0 Å². The van der Waals surface area contributed by atoms with Crippen LogP contribution >= 0.6 is 0 Å². The smallest absolute Gasteiger partial charge is 0.0733 e. The molecule has 0 N–H and O–H groups in total. The van der Waals surface area contributed by atoms with Crippen LogP contribution in [0.25, 0.3) is 11.3 Å². The van der Waals surface area contributed by atoms with Crippen LogP contribution in [0.2, 0.25) is 0 Å². The van der Waals surface area contributed by atoms with Crippen molar-refractivity contribution in [2.45, 2.75) is 39.0 Å². The van der Waals surface area contributed by atoms with Crippen LogP contribution in [-0.4, -0.2) is 4.98 Å². The molecule has 18 heavy (non-hydrogen) atoms. The Kier molecular flexibility index (Phi) is 4.95. The van der Waals surface area contributed by atoms with Crippen molar-refractivity contribution in [3.63, 3.8) is 0 Å². The van der Waals surface area contributed by atoms with Crippen molar-refractivity contribution in [3.8, 4) is 11.3 Å². The summed E-state index contributed by atoms with van der Waals surface area (Å²) in [5, 5.41) is 0. The van der Waals surface area contributed by atoms with Gasteiger partial charge in [0, 0.05) is 11.8 Å². The van der Waals surface area contributed by atoms with E-state index in [1.807, 2.05) is 18.3 Å². The highest BCUT2D eigenvalue weighted by atomic mass is 14.7. The lowest BCUT2D eigenvalue weighted by molar-refractivity contribution is 0.666. The molecule has 0 radical (unpaired) electrons. The lowest BCUT2D eigenvalue weighted by atomic mass is 10.0. The molecular weight excluding hydrogens is 218 g/mol. The highest BCUT2D eigenvalue weighted by Crippen LogP contribution is 2.22. The number of rotatable bonds is 6. The third-order valence-electron chi connectivity index (χ3n) is 3.24. The largest absolute Gasteiger partial charge is 0.256 e. The number of hydrogen-bond donors (Lipinski definition) is 0. The van der Waals surface area contributed by atoms with Gasteiger partial charge in [0.25, 0.3) is 0 Å². The summed E-state index contributed by atoms with van der Waals surface area (Å²) >= 11 is 0. The maximum absolute atomic E-state index is 4.55. The molecule has 2 rings (SSSR count). The van der Waals surface area contributed by atoms with Gasteiger partial charge in [-0.2, -0.15) is 0 Å². The number of aryl methyl sites for hydroxylation is 1. The highest BCUT2D eigenvalue weighted by Gasteiger charge is 2.05. The number of unbranched alkanes of at least 4 members (excludes halogenated alkanes) is 3. The monoisotopic (exact) mass is 239 g/mol. The van der Waals surface area contributed by atoms with Crippen LogP contribution in [0.3, 0.4) is 0 Å². The van der Waals surface area contributed by atoms with Crippen LogP contribution < -0.4 is 0 Å². The van der Waals surface area contributed by atoms with Gasteiger partial charge in [-0.05, 0) is 24.5 Å². The van der Waals surface area contributed by atoms with Gasteiger partial charge in [-0.15, -0.1) is 0 Å². The predicted molar refractivity (Wildman–Crippen MR) is 77.5 cm³/mol. The summed E-state index contributed by atoms with van der Waals surface area (Å²) in [6.45, 7) is 2.25. The number of benzene rings is 1. The zero-order valence-corrected chi connectivity index (χ0v) is 11.1. The highest BCUT2D eigenvalue weighted by molar-refractivity contribution is 5.62. The van der Waals surface area contributed by atoms with E-state index >= 15 is 0 Å². The van der Waals surface area contributed by atoms with Gasteiger partial charge < -0.3 is 0 Å². The first-order valence-electron chi connectivity index (χ1n) is 6.91. The van der Waals surface area contributed by atoms with E-state index in [0.717, 1.165) is 12.1 Å². The van der Waals surface area contributed by atoms with Gasteiger partial charge in [-0.25, -0.2) is 0 Å². The summed E-state index contributed by atoms with van der Waals surface area (Å²) in [7, 11) is 0. The first-order chi connectivity index (χ1) is 8.92. The summed E-state index contributed by atoms with van der Waals surface area (Å²) in [5.41, 5.74) is 3.75. The van der Waals surface area contributed by atoms with Crippen LogP contribution in [-0.2, 0) is 6.42 Å². The molecule has 0 aliphatic carbocycles. The Labute approximate surface area is 110 Å². The summed E-state index contributed by atoms with van der Waals surface area (Å²) in [5.74, 6) is 0. The topological polar surface area (TPSA) is 12.9 Å². The number of aromatic nitrogens is 1. The average molecular weight is 239 g/mol. The molecule has 0 aliphatic rings. The normalized spacial score (nSPS) is 10.5. The fraction of sp³-hybridized carbons (Fsp3) is 0.353. The van der Waals surface area contributed by atoms with E-state index in [9.17, 15) is 0 Å². The predicted octanol–water partition coefficient (Wildman–Crippen LogP) is 4.87. The lowest BCUT2D eigenvalue weighted by Gasteiger charge is -2.08. The lowest BCUT2D eigenvalue weighted by Crippen LogP contribution is -1.93. The summed E-state index contributed by atoms with van der Waals surface area (Å²) in [6, 6.07) is 14.7. The van der Waals surface area contributed by atoms with Gasteiger partial charge in [0.15, 0.2) is 0 Å². The minimum absolute atomic E-state index is 1.14. The molecule has 0 unspecified atom stereocenters. The van der Waals surface area contributed by atoms with Gasteiger partial charge in [-0.1, -0.05) is 62.6 Å². The second-order valence-electron chi connectivity index (χ2n) is 4.69. The van der Waals surface area contributed by atoms with E-state index in [4.69, 9.17) is 0 Å². The quantitative estimate of drug-likeness (QED) is 0.655. The van der Waals surface area contributed by atoms with Crippen molar-refractivity contribution >= 4 is 0 Å². The van der Waals surface area contributed by atoms with Crippen LogP contribution in [0.4, 0.5) is 0 Å². The SMILES string of the molecule is CCCCCCc1cccnc1-c1ccccc1. The van der Waals surface area contributed by atoms with Gasteiger partial charge >= 0.3 is 0 Å². The Balaban J connectivity index is 2.11. The summed E-state index contributed by atoms with van der Waals surface area (Å²) in [6.07, 6.45) is 8.23. The van der Waals surface area contributed by atoms with Crippen LogP contribution in [0.1, 0.15) is 38.2 Å². The van der Waals surface area contributed by atoms with E-state index in [1.54, 1.807) is 0 Å². The zero-order chi connectivity index (χ0) is 12.6.